The van der Waals surface area contributed by atoms with E-state index in [-0.39, 0.29) is 6.10 Å². The van der Waals surface area contributed by atoms with Crippen molar-refractivity contribution in [2.45, 2.75) is 44.9 Å². The highest BCUT2D eigenvalue weighted by Gasteiger charge is 2.48. The van der Waals surface area contributed by atoms with Crippen LogP contribution in [0.1, 0.15) is 27.7 Å². The van der Waals surface area contributed by atoms with Gasteiger partial charge in [-0.2, -0.15) is 0 Å². The van der Waals surface area contributed by atoms with Gasteiger partial charge >= 0.3 is 0 Å². The second-order valence-corrected chi connectivity index (χ2v) is 5.28. The highest BCUT2D eigenvalue weighted by molar-refractivity contribution is 5.25. The van der Waals surface area contributed by atoms with Crippen LogP contribution in [0.3, 0.4) is 0 Å². The molecule has 2 heterocycles. The molecule has 0 bridgehead atoms. The van der Waals surface area contributed by atoms with Gasteiger partial charge in [0.2, 0.25) is 0 Å². The maximum absolute atomic E-state index is 12.0. The van der Waals surface area contributed by atoms with Crippen molar-refractivity contribution < 1.29 is 14.7 Å². The monoisotopic (exact) mass is 212 g/mol. The molecule has 0 spiro atoms. The zero-order valence-electron chi connectivity index (χ0n) is 9.74. The molecule has 0 aliphatic carbocycles. The van der Waals surface area contributed by atoms with Crippen LogP contribution in [0.4, 0.5) is 0 Å². The van der Waals surface area contributed by atoms with Gasteiger partial charge in [0, 0.05) is 0 Å². The fourth-order valence-electron chi connectivity index (χ4n) is 1.94. The summed E-state index contributed by atoms with van der Waals surface area (Å²) in [6.45, 7) is 8.89. The van der Waals surface area contributed by atoms with Crippen molar-refractivity contribution in [3.8, 4) is 0 Å². The smallest absolute Gasteiger partial charge is 0.116 e. The summed E-state index contributed by atoms with van der Waals surface area (Å²) in [5.41, 5.74) is -1.05. The standard InChI is InChI=1S/C11H18NO3/c1-10(2)5-9(11(3,4)12(10)13)15-7-8-6-14-8/h5,8H,6-7H2,1-4H3. The van der Waals surface area contributed by atoms with Crippen molar-refractivity contribution in [1.29, 1.82) is 0 Å². The number of nitrogens with zero attached hydrogens (tertiary/aromatic N) is 1. The molecule has 85 valence electrons. The molecule has 1 unspecified atom stereocenters. The van der Waals surface area contributed by atoms with Gasteiger partial charge in [0.1, 0.15) is 24.0 Å². The predicted molar refractivity (Wildman–Crippen MR) is 54.5 cm³/mol. The fourth-order valence-corrected chi connectivity index (χ4v) is 1.94. The van der Waals surface area contributed by atoms with Gasteiger partial charge in [0.15, 0.2) is 0 Å². The Bertz CT molecular complexity index is 292. The molecule has 4 nitrogen and oxygen atoms in total. The number of ether oxygens (including phenoxy) is 2. The van der Waals surface area contributed by atoms with Crippen molar-refractivity contribution in [2.24, 2.45) is 0 Å². The largest absolute Gasteiger partial charge is 0.493 e. The molecule has 0 aromatic rings. The zero-order valence-corrected chi connectivity index (χ0v) is 9.74. The first-order chi connectivity index (χ1) is 6.84. The summed E-state index contributed by atoms with van der Waals surface area (Å²) in [7, 11) is 0. The number of hydrogen-bond acceptors (Lipinski definition) is 3. The quantitative estimate of drug-likeness (QED) is 0.666. The minimum atomic E-state index is -0.571. The molecule has 2 aliphatic rings. The predicted octanol–water partition coefficient (Wildman–Crippen LogP) is 1.50. The Morgan fingerprint density at radius 3 is 2.53 bits per heavy atom. The summed E-state index contributed by atoms with van der Waals surface area (Å²) in [6, 6.07) is 0. The van der Waals surface area contributed by atoms with E-state index in [1.807, 2.05) is 33.8 Å². The molecule has 1 atom stereocenters. The minimum absolute atomic E-state index is 0.227. The molecule has 0 N–H and O–H groups in total. The third kappa shape index (κ3) is 1.89. The van der Waals surface area contributed by atoms with Gasteiger partial charge in [-0.1, -0.05) is 0 Å². The Labute approximate surface area is 90.4 Å². The van der Waals surface area contributed by atoms with Crippen molar-refractivity contribution in [2.75, 3.05) is 13.2 Å². The molecule has 1 saturated heterocycles. The summed E-state index contributed by atoms with van der Waals surface area (Å²) < 4.78 is 10.7. The van der Waals surface area contributed by atoms with E-state index in [4.69, 9.17) is 9.47 Å². The van der Waals surface area contributed by atoms with E-state index in [1.54, 1.807) is 0 Å². The topological polar surface area (TPSA) is 44.9 Å². The van der Waals surface area contributed by atoms with Gasteiger partial charge in [-0.15, -0.1) is 10.3 Å². The minimum Gasteiger partial charge on any atom is -0.493 e. The van der Waals surface area contributed by atoms with Gasteiger partial charge in [-0.25, -0.2) is 0 Å². The van der Waals surface area contributed by atoms with Crippen LogP contribution < -0.4 is 0 Å². The first kappa shape index (κ1) is 10.9. The molecule has 0 aromatic heterocycles. The zero-order chi connectivity index (χ0) is 11.3. The van der Waals surface area contributed by atoms with E-state index in [2.05, 4.69) is 0 Å². The SMILES string of the molecule is CC1(C)C=C(OCC2CO2)C(C)(C)N1[O]. The number of hydroxylamine groups is 2. The van der Waals surface area contributed by atoms with E-state index in [9.17, 15) is 5.21 Å². The van der Waals surface area contributed by atoms with Crippen LogP contribution >= 0.6 is 0 Å². The molecular formula is C11H18NO3. The average Bonchev–Trinajstić information content (AvgIpc) is 2.91. The maximum atomic E-state index is 12.0. The second kappa shape index (κ2) is 3.20. The average molecular weight is 212 g/mol. The van der Waals surface area contributed by atoms with Crippen LogP contribution in [0.5, 0.6) is 0 Å². The van der Waals surface area contributed by atoms with E-state index >= 15 is 0 Å². The maximum Gasteiger partial charge on any atom is 0.116 e. The summed E-state index contributed by atoms with van der Waals surface area (Å²) in [4.78, 5) is 0. The first-order valence-corrected chi connectivity index (χ1v) is 5.29. The fraction of sp³-hybridized carbons (Fsp3) is 0.818. The third-order valence-corrected chi connectivity index (χ3v) is 2.95. The second-order valence-electron chi connectivity index (χ2n) is 5.28. The lowest BCUT2D eigenvalue weighted by atomic mass is 10.1. The van der Waals surface area contributed by atoms with Gasteiger partial charge in [-0.3, -0.25) is 0 Å². The number of epoxide rings is 1. The van der Waals surface area contributed by atoms with Crippen LogP contribution in [0, 0.1) is 0 Å². The summed E-state index contributed by atoms with van der Waals surface area (Å²) in [5, 5.41) is 13.1. The molecule has 2 aliphatic heterocycles. The van der Waals surface area contributed by atoms with Crippen molar-refractivity contribution in [3.05, 3.63) is 11.8 Å². The Kier molecular flexibility index (Phi) is 2.33. The Hall–Kier alpha value is -0.580. The molecule has 2 rings (SSSR count). The summed E-state index contributed by atoms with van der Waals surface area (Å²) in [6.07, 6.45) is 2.13. The molecule has 4 heteroatoms. The van der Waals surface area contributed by atoms with Crippen LogP contribution in [0.2, 0.25) is 0 Å². The molecule has 0 amide bonds. The third-order valence-electron chi connectivity index (χ3n) is 2.95. The van der Waals surface area contributed by atoms with Gasteiger partial charge in [-0.05, 0) is 33.8 Å². The molecule has 0 aromatic carbocycles. The molecule has 0 saturated carbocycles. The summed E-state index contributed by atoms with van der Waals surface area (Å²) >= 11 is 0. The van der Waals surface area contributed by atoms with Crippen molar-refractivity contribution in [3.63, 3.8) is 0 Å². The van der Waals surface area contributed by atoms with Gasteiger partial charge in [0.25, 0.3) is 0 Å². The Morgan fingerprint density at radius 2 is 2.13 bits per heavy atom. The van der Waals surface area contributed by atoms with Crippen LogP contribution in [0.25, 0.3) is 0 Å². The van der Waals surface area contributed by atoms with Gasteiger partial charge in [0.05, 0.1) is 12.1 Å². The van der Waals surface area contributed by atoms with Crippen molar-refractivity contribution >= 4 is 0 Å². The Balaban J connectivity index is 2.07. The normalized spacial score (nSPS) is 32.6. The highest BCUT2D eigenvalue weighted by Crippen LogP contribution is 2.39. The number of rotatable bonds is 3. The lowest BCUT2D eigenvalue weighted by molar-refractivity contribution is -0.243. The van der Waals surface area contributed by atoms with E-state index in [1.165, 1.54) is 0 Å². The molecule has 1 radical (unpaired) electrons. The van der Waals surface area contributed by atoms with Crippen LogP contribution in [0.15, 0.2) is 11.8 Å². The highest BCUT2D eigenvalue weighted by atomic mass is 16.6. The number of hydrogen-bond donors (Lipinski definition) is 0. The molecule has 15 heavy (non-hydrogen) atoms. The van der Waals surface area contributed by atoms with E-state index in [0.29, 0.717) is 6.61 Å². The van der Waals surface area contributed by atoms with E-state index < -0.39 is 11.1 Å². The Morgan fingerprint density at radius 1 is 1.53 bits per heavy atom. The lowest BCUT2D eigenvalue weighted by Crippen LogP contribution is -2.47. The van der Waals surface area contributed by atoms with Crippen molar-refractivity contribution in [1.82, 2.24) is 5.06 Å². The lowest BCUT2D eigenvalue weighted by Gasteiger charge is -2.33. The first-order valence-electron chi connectivity index (χ1n) is 5.29. The van der Waals surface area contributed by atoms with Gasteiger partial charge < -0.3 is 9.47 Å². The molecular weight excluding hydrogens is 194 g/mol. The van der Waals surface area contributed by atoms with Crippen LogP contribution in [-0.4, -0.2) is 35.5 Å². The van der Waals surface area contributed by atoms with Crippen LogP contribution in [-0.2, 0) is 14.7 Å². The van der Waals surface area contributed by atoms with E-state index in [0.717, 1.165) is 17.4 Å². The summed E-state index contributed by atoms with van der Waals surface area (Å²) in [5.74, 6) is 0.762. The molecule has 1 fully saturated rings.